The Morgan fingerprint density at radius 1 is 1.03 bits per heavy atom. The quantitative estimate of drug-likeness (QED) is 0.337. The van der Waals surface area contributed by atoms with Gasteiger partial charge in [-0.25, -0.2) is 4.79 Å². The molecule has 6 rings (SSSR count). The number of rotatable bonds is 5. The summed E-state index contributed by atoms with van der Waals surface area (Å²) in [6.45, 7) is 3.82. The number of benzene rings is 2. The maximum absolute atomic E-state index is 14.2. The van der Waals surface area contributed by atoms with Crippen LogP contribution in [0.4, 0.5) is 5.95 Å². The number of nitrogens with two attached hydrogens (primary N) is 1. The Balaban J connectivity index is 1.58. The Morgan fingerprint density at radius 2 is 1.79 bits per heavy atom. The molecule has 200 valence electrons. The van der Waals surface area contributed by atoms with Crippen molar-refractivity contribution >= 4 is 43.8 Å². The highest BCUT2D eigenvalue weighted by Crippen LogP contribution is 2.26. The van der Waals surface area contributed by atoms with Gasteiger partial charge in [0.05, 0.1) is 18.8 Å². The molecule has 1 saturated heterocycles. The van der Waals surface area contributed by atoms with E-state index < -0.39 is 5.69 Å². The van der Waals surface area contributed by atoms with Crippen LogP contribution in [0.1, 0.15) is 29.8 Å². The summed E-state index contributed by atoms with van der Waals surface area (Å²) < 4.78 is 5.63. The van der Waals surface area contributed by atoms with Gasteiger partial charge < -0.3 is 10.6 Å². The molecule has 39 heavy (non-hydrogen) atoms. The highest BCUT2D eigenvalue weighted by atomic mass is 79.9. The van der Waals surface area contributed by atoms with Crippen molar-refractivity contribution in [1.82, 2.24) is 23.7 Å². The number of hydrogen-bond acceptors (Lipinski definition) is 6. The number of aromatic nitrogens is 5. The predicted molar refractivity (Wildman–Crippen MR) is 157 cm³/mol. The van der Waals surface area contributed by atoms with E-state index in [1.165, 1.54) is 9.13 Å². The second kappa shape index (κ2) is 10.1. The molecule has 3 aromatic heterocycles. The van der Waals surface area contributed by atoms with Crippen molar-refractivity contribution in [2.24, 2.45) is 12.8 Å². The summed E-state index contributed by atoms with van der Waals surface area (Å²) in [4.78, 5) is 39.5. The van der Waals surface area contributed by atoms with Crippen molar-refractivity contribution in [2.75, 3.05) is 18.0 Å². The zero-order valence-electron chi connectivity index (χ0n) is 22.0. The van der Waals surface area contributed by atoms with E-state index in [4.69, 9.17) is 15.7 Å². The highest BCUT2D eigenvalue weighted by molar-refractivity contribution is 9.10. The van der Waals surface area contributed by atoms with E-state index in [-0.39, 0.29) is 18.1 Å². The minimum absolute atomic E-state index is 0.0247. The molecule has 1 aliphatic rings. The van der Waals surface area contributed by atoms with Gasteiger partial charge >= 0.3 is 5.69 Å². The first-order chi connectivity index (χ1) is 18.8. The molecule has 0 bridgehead atoms. The van der Waals surface area contributed by atoms with Crippen LogP contribution in [0, 0.1) is 6.92 Å². The van der Waals surface area contributed by atoms with Crippen LogP contribution < -0.4 is 21.9 Å². The van der Waals surface area contributed by atoms with E-state index in [0.29, 0.717) is 35.9 Å². The van der Waals surface area contributed by atoms with Gasteiger partial charge in [-0.3, -0.25) is 23.5 Å². The molecule has 0 amide bonds. The molecule has 1 atom stereocenters. The Morgan fingerprint density at radius 3 is 2.59 bits per heavy atom. The number of hydrogen-bond donors (Lipinski definition) is 1. The number of anilines is 1. The average molecular weight is 589 g/mol. The topological polar surface area (TPSA) is 104 Å². The average Bonchev–Trinajstić information content (AvgIpc) is 3.30. The fourth-order valence-electron chi connectivity index (χ4n) is 5.57. The lowest BCUT2D eigenvalue weighted by Crippen LogP contribution is -2.44. The van der Waals surface area contributed by atoms with E-state index in [9.17, 15) is 9.59 Å². The molecule has 0 radical (unpaired) electrons. The van der Waals surface area contributed by atoms with Crippen molar-refractivity contribution in [3.63, 3.8) is 0 Å². The third-order valence-corrected chi connectivity index (χ3v) is 8.27. The zero-order chi connectivity index (χ0) is 27.3. The smallest absolute Gasteiger partial charge is 0.332 e. The molecule has 0 saturated carbocycles. The van der Waals surface area contributed by atoms with E-state index in [2.05, 4.69) is 20.8 Å². The number of piperidine rings is 1. The van der Waals surface area contributed by atoms with Crippen LogP contribution in [0.2, 0.25) is 0 Å². The van der Waals surface area contributed by atoms with Gasteiger partial charge in [0.1, 0.15) is 0 Å². The fraction of sp³-hybridized carbons (Fsp3) is 0.310. The fourth-order valence-corrected chi connectivity index (χ4v) is 5.98. The lowest BCUT2D eigenvalue weighted by molar-refractivity contribution is 0.495. The van der Waals surface area contributed by atoms with Crippen molar-refractivity contribution < 1.29 is 0 Å². The molecular weight excluding hydrogens is 558 g/mol. The molecule has 5 aromatic rings. The SMILES string of the molecule is Cc1cc2ccccc2c(Cn2c(=O)c3c(nc(N4CCCC(N)C4)n3Cc3ccccc3Br)n(C)c2=O)n1. The molecule has 1 aliphatic heterocycles. The third kappa shape index (κ3) is 4.57. The Labute approximate surface area is 233 Å². The van der Waals surface area contributed by atoms with Crippen LogP contribution in [0.3, 0.4) is 0 Å². The van der Waals surface area contributed by atoms with Gasteiger partial charge in [-0.2, -0.15) is 4.98 Å². The van der Waals surface area contributed by atoms with E-state index in [0.717, 1.165) is 45.9 Å². The van der Waals surface area contributed by atoms with Crippen LogP contribution >= 0.6 is 15.9 Å². The van der Waals surface area contributed by atoms with Gasteiger partial charge in [-0.05, 0) is 42.8 Å². The monoisotopic (exact) mass is 587 g/mol. The molecule has 0 spiro atoms. The molecule has 4 heterocycles. The zero-order valence-corrected chi connectivity index (χ0v) is 23.6. The van der Waals surface area contributed by atoms with Gasteiger partial charge in [0, 0.05) is 41.7 Å². The van der Waals surface area contributed by atoms with Crippen LogP contribution in [0.15, 0.2) is 68.7 Å². The summed E-state index contributed by atoms with van der Waals surface area (Å²) in [7, 11) is 1.67. The Bertz CT molecular complexity index is 1840. The minimum atomic E-state index is -0.424. The van der Waals surface area contributed by atoms with Crippen molar-refractivity contribution in [3.05, 3.63) is 96.9 Å². The summed E-state index contributed by atoms with van der Waals surface area (Å²) in [5.41, 5.74) is 8.79. The van der Waals surface area contributed by atoms with Crippen molar-refractivity contribution in [3.8, 4) is 0 Å². The first kappa shape index (κ1) is 25.5. The Hall–Kier alpha value is -3.76. The van der Waals surface area contributed by atoms with Crippen molar-refractivity contribution in [1.29, 1.82) is 0 Å². The summed E-state index contributed by atoms with van der Waals surface area (Å²) >= 11 is 3.66. The number of imidazole rings is 1. The Kier molecular flexibility index (Phi) is 6.60. The number of fused-ring (bicyclic) bond motifs is 2. The van der Waals surface area contributed by atoms with Gasteiger partial charge in [0.15, 0.2) is 11.2 Å². The molecular formula is C29H30BrN7O2. The van der Waals surface area contributed by atoms with Crippen LogP contribution in [0.5, 0.6) is 0 Å². The third-order valence-electron chi connectivity index (χ3n) is 7.49. The molecule has 2 aromatic carbocycles. The first-order valence-electron chi connectivity index (χ1n) is 13.1. The molecule has 0 aliphatic carbocycles. The number of nitrogens with zero attached hydrogens (tertiary/aromatic N) is 6. The number of halogens is 1. The van der Waals surface area contributed by atoms with Crippen molar-refractivity contribution in [2.45, 2.75) is 38.9 Å². The van der Waals surface area contributed by atoms with Gasteiger partial charge in [-0.1, -0.05) is 58.4 Å². The van der Waals surface area contributed by atoms with Gasteiger partial charge in [-0.15, -0.1) is 0 Å². The molecule has 1 fully saturated rings. The van der Waals surface area contributed by atoms with Crippen LogP contribution in [-0.4, -0.2) is 42.8 Å². The molecule has 9 nitrogen and oxygen atoms in total. The second-order valence-electron chi connectivity index (χ2n) is 10.3. The molecule has 1 unspecified atom stereocenters. The van der Waals surface area contributed by atoms with E-state index >= 15 is 0 Å². The summed E-state index contributed by atoms with van der Waals surface area (Å²) in [6.07, 6.45) is 1.89. The molecule has 10 heteroatoms. The summed E-state index contributed by atoms with van der Waals surface area (Å²) in [6, 6.07) is 17.9. The van der Waals surface area contributed by atoms with E-state index in [1.54, 1.807) is 7.05 Å². The van der Waals surface area contributed by atoms with Crippen LogP contribution in [0.25, 0.3) is 21.9 Å². The highest BCUT2D eigenvalue weighted by Gasteiger charge is 2.27. The largest absolute Gasteiger partial charge is 0.341 e. The van der Waals surface area contributed by atoms with Gasteiger partial charge in [0.2, 0.25) is 5.95 Å². The predicted octanol–water partition coefficient (Wildman–Crippen LogP) is 3.54. The van der Waals surface area contributed by atoms with E-state index in [1.807, 2.05) is 66.1 Å². The minimum Gasteiger partial charge on any atom is -0.341 e. The maximum Gasteiger partial charge on any atom is 0.332 e. The van der Waals surface area contributed by atoms with Crippen LogP contribution in [-0.2, 0) is 20.1 Å². The maximum atomic E-state index is 14.2. The standard InChI is InChI=1S/C29H30BrN7O2/c1-18-14-19-8-3-5-11-22(19)24(32-18)17-37-27(38)25-26(34(2)29(37)39)33-28(35-13-7-10-21(31)16-35)36(25)15-20-9-4-6-12-23(20)30/h3-6,8-9,11-12,14,21H,7,10,13,15-17,31H2,1-2H3. The summed E-state index contributed by atoms with van der Waals surface area (Å²) in [5.74, 6) is 0.653. The number of pyridine rings is 1. The lowest BCUT2D eigenvalue weighted by Gasteiger charge is -2.32. The van der Waals surface area contributed by atoms with Gasteiger partial charge in [0.25, 0.3) is 5.56 Å². The second-order valence-corrected chi connectivity index (χ2v) is 11.1. The molecule has 2 N–H and O–H groups in total. The lowest BCUT2D eigenvalue weighted by atomic mass is 10.1. The first-order valence-corrected chi connectivity index (χ1v) is 13.9. The summed E-state index contributed by atoms with van der Waals surface area (Å²) in [5, 5.41) is 1.94. The normalized spacial score (nSPS) is 15.9. The number of aryl methyl sites for hydroxylation is 2.